The van der Waals surface area contributed by atoms with Crippen molar-refractivity contribution < 1.29 is 4.79 Å². The normalized spacial score (nSPS) is 10.9. The van der Waals surface area contributed by atoms with Crippen LogP contribution in [0, 0.1) is 0 Å². The van der Waals surface area contributed by atoms with Crippen molar-refractivity contribution in [1.82, 2.24) is 9.80 Å². The molecule has 102 valence electrons. The number of rotatable bonds is 7. The lowest BCUT2D eigenvalue weighted by Gasteiger charge is -2.24. The highest BCUT2D eigenvalue weighted by molar-refractivity contribution is 7.16. The van der Waals surface area contributed by atoms with Gasteiger partial charge in [0.05, 0.1) is 17.4 Å². The minimum absolute atomic E-state index is 0.186. The molecule has 1 aromatic heterocycles. The molecular weight excluding hydrogens is 268 g/mol. The molecule has 0 aliphatic carbocycles. The van der Waals surface area contributed by atoms with Gasteiger partial charge in [-0.2, -0.15) is 0 Å². The Balaban J connectivity index is 2.57. The molecule has 0 aliphatic heterocycles. The summed E-state index contributed by atoms with van der Waals surface area (Å²) in [6.45, 7) is 9.87. The number of hydrogen-bond acceptors (Lipinski definition) is 3. The molecule has 0 bridgehead atoms. The summed E-state index contributed by atoms with van der Waals surface area (Å²) in [7, 11) is 0. The second kappa shape index (κ2) is 7.77. The van der Waals surface area contributed by atoms with Gasteiger partial charge in [0, 0.05) is 11.4 Å². The number of carbonyl (C=O) groups excluding carboxylic acids is 1. The third kappa shape index (κ3) is 4.59. The second-order valence-electron chi connectivity index (χ2n) is 4.08. The number of thiophene rings is 1. The Morgan fingerprint density at radius 3 is 2.33 bits per heavy atom. The van der Waals surface area contributed by atoms with Gasteiger partial charge in [-0.3, -0.25) is 9.69 Å². The van der Waals surface area contributed by atoms with E-state index in [1.807, 2.05) is 24.0 Å². The quantitative estimate of drug-likeness (QED) is 0.770. The van der Waals surface area contributed by atoms with Gasteiger partial charge >= 0.3 is 0 Å². The van der Waals surface area contributed by atoms with E-state index >= 15 is 0 Å². The van der Waals surface area contributed by atoms with Crippen LogP contribution in [0.3, 0.4) is 0 Å². The van der Waals surface area contributed by atoms with E-state index in [-0.39, 0.29) is 5.91 Å². The van der Waals surface area contributed by atoms with Crippen molar-refractivity contribution in [2.75, 3.05) is 26.2 Å². The van der Waals surface area contributed by atoms with E-state index in [4.69, 9.17) is 11.6 Å². The molecule has 0 aliphatic rings. The van der Waals surface area contributed by atoms with Gasteiger partial charge in [0.25, 0.3) is 0 Å². The van der Waals surface area contributed by atoms with Gasteiger partial charge in [-0.15, -0.1) is 11.3 Å². The summed E-state index contributed by atoms with van der Waals surface area (Å²) in [5.41, 5.74) is 0. The number of carbonyl (C=O) groups is 1. The molecule has 3 nitrogen and oxygen atoms in total. The van der Waals surface area contributed by atoms with Crippen molar-refractivity contribution in [3.8, 4) is 0 Å². The van der Waals surface area contributed by atoms with E-state index in [1.165, 1.54) is 11.3 Å². The van der Waals surface area contributed by atoms with E-state index in [0.717, 1.165) is 28.8 Å². The molecule has 1 amide bonds. The van der Waals surface area contributed by atoms with Crippen LogP contribution in [-0.2, 0) is 11.3 Å². The van der Waals surface area contributed by atoms with Gasteiger partial charge in [-0.1, -0.05) is 25.4 Å². The summed E-state index contributed by atoms with van der Waals surface area (Å²) in [4.78, 5) is 17.3. The standard InChI is InChI=1S/C13H21ClN2OS/c1-4-15(5-2)10-13(17)16(6-3)9-11-7-8-12(14)18-11/h7-8H,4-6,9-10H2,1-3H3. The third-order valence-electron chi connectivity index (χ3n) is 2.96. The molecule has 1 rings (SSSR count). The first-order valence-corrected chi connectivity index (χ1v) is 7.54. The maximum absolute atomic E-state index is 12.2. The second-order valence-corrected chi connectivity index (χ2v) is 5.87. The van der Waals surface area contributed by atoms with Crippen LogP contribution >= 0.6 is 22.9 Å². The maximum atomic E-state index is 12.2. The average Bonchev–Trinajstić information content (AvgIpc) is 2.78. The number of hydrogen-bond donors (Lipinski definition) is 0. The van der Waals surface area contributed by atoms with Crippen LogP contribution in [0.4, 0.5) is 0 Å². The van der Waals surface area contributed by atoms with Crippen LogP contribution in [0.15, 0.2) is 12.1 Å². The lowest BCUT2D eigenvalue weighted by atomic mass is 10.3. The van der Waals surface area contributed by atoms with Crippen LogP contribution in [-0.4, -0.2) is 41.9 Å². The number of likely N-dealkylation sites (N-methyl/N-ethyl adjacent to an activating group) is 2. The SMILES string of the molecule is CCN(CC)CC(=O)N(CC)Cc1ccc(Cl)s1. The molecule has 0 saturated carbocycles. The molecule has 0 spiro atoms. The minimum Gasteiger partial charge on any atom is -0.337 e. The third-order valence-corrected chi connectivity index (χ3v) is 4.18. The van der Waals surface area contributed by atoms with Gasteiger partial charge < -0.3 is 4.90 Å². The molecule has 0 unspecified atom stereocenters. The van der Waals surface area contributed by atoms with Crippen molar-refractivity contribution in [1.29, 1.82) is 0 Å². The Labute approximate surface area is 118 Å². The van der Waals surface area contributed by atoms with Gasteiger partial charge in [-0.05, 0) is 32.1 Å². The predicted molar refractivity (Wildman–Crippen MR) is 78.2 cm³/mol. The zero-order valence-electron chi connectivity index (χ0n) is 11.3. The molecular formula is C13H21ClN2OS. The fourth-order valence-electron chi connectivity index (χ4n) is 1.74. The number of amides is 1. The zero-order chi connectivity index (χ0) is 13.5. The van der Waals surface area contributed by atoms with Crippen molar-refractivity contribution in [3.05, 3.63) is 21.3 Å². The van der Waals surface area contributed by atoms with Crippen molar-refractivity contribution in [2.45, 2.75) is 27.3 Å². The summed E-state index contributed by atoms with van der Waals surface area (Å²) in [6.07, 6.45) is 0. The smallest absolute Gasteiger partial charge is 0.237 e. The Morgan fingerprint density at radius 2 is 1.89 bits per heavy atom. The Bertz CT molecular complexity index is 377. The molecule has 1 heterocycles. The van der Waals surface area contributed by atoms with E-state index in [2.05, 4.69) is 18.7 Å². The van der Waals surface area contributed by atoms with Gasteiger partial charge in [0.1, 0.15) is 0 Å². The molecule has 0 aromatic carbocycles. The maximum Gasteiger partial charge on any atom is 0.237 e. The lowest BCUT2D eigenvalue weighted by molar-refractivity contribution is -0.132. The van der Waals surface area contributed by atoms with E-state index in [1.54, 1.807) is 0 Å². The number of nitrogens with zero attached hydrogens (tertiary/aromatic N) is 2. The van der Waals surface area contributed by atoms with Crippen molar-refractivity contribution >= 4 is 28.8 Å². The topological polar surface area (TPSA) is 23.6 Å². The molecule has 0 atom stereocenters. The van der Waals surface area contributed by atoms with Crippen molar-refractivity contribution in [2.24, 2.45) is 0 Å². The first-order chi connectivity index (χ1) is 8.60. The summed E-state index contributed by atoms with van der Waals surface area (Å²) in [6, 6.07) is 3.87. The molecule has 5 heteroatoms. The summed E-state index contributed by atoms with van der Waals surface area (Å²) in [5.74, 6) is 0.186. The molecule has 0 N–H and O–H groups in total. The Hall–Kier alpha value is -0.580. The van der Waals surface area contributed by atoms with Gasteiger partial charge in [-0.25, -0.2) is 0 Å². The predicted octanol–water partition coefficient (Wildman–Crippen LogP) is 3.09. The highest BCUT2D eigenvalue weighted by Gasteiger charge is 2.15. The van der Waals surface area contributed by atoms with Crippen LogP contribution < -0.4 is 0 Å². The molecule has 0 radical (unpaired) electrons. The fourth-order valence-corrected chi connectivity index (χ4v) is 2.84. The Morgan fingerprint density at radius 1 is 1.22 bits per heavy atom. The largest absolute Gasteiger partial charge is 0.337 e. The summed E-state index contributed by atoms with van der Waals surface area (Å²) >= 11 is 7.44. The van der Waals surface area contributed by atoms with Gasteiger partial charge in [0.2, 0.25) is 5.91 Å². The zero-order valence-corrected chi connectivity index (χ0v) is 12.9. The van der Waals surface area contributed by atoms with E-state index in [0.29, 0.717) is 13.1 Å². The van der Waals surface area contributed by atoms with Crippen LogP contribution in [0.25, 0.3) is 0 Å². The summed E-state index contributed by atoms with van der Waals surface area (Å²) < 4.78 is 0.775. The molecule has 0 saturated heterocycles. The minimum atomic E-state index is 0.186. The molecule has 0 fully saturated rings. The van der Waals surface area contributed by atoms with E-state index < -0.39 is 0 Å². The van der Waals surface area contributed by atoms with Crippen molar-refractivity contribution in [3.63, 3.8) is 0 Å². The van der Waals surface area contributed by atoms with Crippen LogP contribution in [0.5, 0.6) is 0 Å². The van der Waals surface area contributed by atoms with E-state index in [9.17, 15) is 4.79 Å². The number of halogens is 1. The fraction of sp³-hybridized carbons (Fsp3) is 0.615. The average molecular weight is 289 g/mol. The molecule has 18 heavy (non-hydrogen) atoms. The lowest BCUT2D eigenvalue weighted by Crippen LogP contribution is -2.39. The highest BCUT2D eigenvalue weighted by atomic mass is 35.5. The van der Waals surface area contributed by atoms with Gasteiger partial charge in [0.15, 0.2) is 0 Å². The van der Waals surface area contributed by atoms with Crippen LogP contribution in [0.1, 0.15) is 25.6 Å². The first kappa shape index (κ1) is 15.5. The van der Waals surface area contributed by atoms with Crippen LogP contribution in [0.2, 0.25) is 4.34 Å². The molecule has 1 aromatic rings. The Kier molecular flexibility index (Phi) is 6.68. The summed E-state index contributed by atoms with van der Waals surface area (Å²) in [5, 5.41) is 0. The monoisotopic (exact) mass is 288 g/mol. The first-order valence-electron chi connectivity index (χ1n) is 6.35. The highest BCUT2D eigenvalue weighted by Crippen LogP contribution is 2.22.